The Balaban J connectivity index is 0.00000182. The third-order valence-electron chi connectivity index (χ3n) is 5.26. The summed E-state index contributed by atoms with van der Waals surface area (Å²) in [6.07, 6.45) is 5.61. The molecule has 136 valence electrons. The zero-order valence-electron chi connectivity index (χ0n) is 14.6. The highest BCUT2D eigenvalue weighted by Gasteiger charge is 2.27. The maximum atomic E-state index is 12.4. The van der Waals surface area contributed by atoms with Gasteiger partial charge in [-0.25, -0.2) is 4.98 Å². The van der Waals surface area contributed by atoms with E-state index in [0.717, 1.165) is 24.3 Å². The molecule has 2 aromatic rings. The molecule has 1 aromatic carbocycles. The Morgan fingerprint density at radius 3 is 2.96 bits per heavy atom. The van der Waals surface area contributed by atoms with Crippen LogP contribution in [0.2, 0.25) is 0 Å². The number of piperidine rings is 1. The van der Waals surface area contributed by atoms with Gasteiger partial charge in [0.25, 0.3) is 0 Å². The maximum absolute atomic E-state index is 12.4. The fourth-order valence-electron chi connectivity index (χ4n) is 3.56. The van der Waals surface area contributed by atoms with Crippen LogP contribution in [-0.4, -0.2) is 24.0 Å². The van der Waals surface area contributed by atoms with Gasteiger partial charge in [-0.2, -0.15) is 0 Å². The quantitative estimate of drug-likeness (QED) is 0.800. The largest absolute Gasteiger partial charge is 0.326 e. The Morgan fingerprint density at radius 2 is 2.24 bits per heavy atom. The fraction of sp³-hybridized carbons (Fsp3) is 0.579. The number of rotatable bonds is 5. The van der Waals surface area contributed by atoms with E-state index in [1.165, 1.54) is 35.4 Å². The Bertz CT molecular complexity index is 737. The zero-order chi connectivity index (χ0) is 16.5. The van der Waals surface area contributed by atoms with Crippen molar-refractivity contribution in [2.45, 2.75) is 44.9 Å². The number of amides is 1. The Hall–Kier alpha value is -1.17. The molecule has 2 heterocycles. The molecular formula is C19H26ClN3OS. The summed E-state index contributed by atoms with van der Waals surface area (Å²) < 4.78 is 1.18. The van der Waals surface area contributed by atoms with Gasteiger partial charge < -0.3 is 10.6 Å². The van der Waals surface area contributed by atoms with E-state index in [0.29, 0.717) is 24.2 Å². The average Bonchev–Trinajstić information content (AvgIpc) is 3.35. The first-order chi connectivity index (χ1) is 11.7. The molecular weight excluding hydrogens is 354 g/mol. The van der Waals surface area contributed by atoms with Gasteiger partial charge in [0.1, 0.15) is 0 Å². The summed E-state index contributed by atoms with van der Waals surface area (Å²) in [5.41, 5.74) is 1.95. The summed E-state index contributed by atoms with van der Waals surface area (Å²) in [6.45, 7) is 4.36. The zero-order valence-corrected chi connectivity index (χ0v) is 16.2. The van der Waals surface area contributed by atoms with Crippen molar-refractivity contribution in [2.75, 3.05) is 18.4 Å². The molecule has 0 bridgehead atoms. The second kappa shape index (κ2) is 8.02. The van der Waals surface area contributed by atoms with Crippen LogP contribution >= 0.6 is 23.7 Å². The Kier molecular flexibility index (Phi) is 5.97. The van der Waals surface area contributed by atoms with Crippen molar-refractivity contribution in [3.05, 3.63) is 23.2 Å². The number of thiazole rings is 1. The van der Waals surface area contributed by atoms with Crippen molar-refractivity contribution in [3.8, 4) is 0 Å². The number of anilines is 1. The average molecular weight is 380 g/mol. The summed E-state index contributed by atoms with van der Waals surface area (Å²) in [5.74, 6) is 1.85. The van der Waals surface area contributed by atoms with Crippen LogP contribution in [-0.2, 0) is 4.79 Å². The van der Waals surface area contributed by atoms with Crippen molar-refractivity contribution in [2.24, 2.45) is 11.8 Å². The van der Waals surface area contributed by atoms with Crippen LogP contribution in [0, 0.1) is 11.8 Å². The lowest BCUT2D eigenvalue weighted by atomic mass is 9.85. The molecule has 4 nitrogen and oxygen atoms in total. The van der Waals surface area contributed by atoms with Crippen LogP contribution in [0.25, 0.3) is 10.2 Å². The smallest absolute Gasteiger partial charge is 0.224 e. The molecule has 0 radical (unpaired) electrons. The summed E-state index contributed by atoms with van der Waals surface area (Å²) >= 11 is 1.78. The molecule has 2 unspecified atom stereocenters. The number of aromatic nitrogens is 1. The molecule has 1 saturated carbocycles. The topological polar surface area (TPSA) is 54.0 Å². The molecule has 6 heteroatoms. The normalized spacial score (nSPS) is 21.6. The van der Waals surface area contributed by atoms with Crippen molar-refractivity contribution in [3.63, 3.8) is 0 Å². The molecule has 1 aliphatic heterocycles. The molecule has 2 aliphatic rings. The molecule has 2 atom stereocenters. The second-order valence-electron chi connectivity index (χ2n) is 7.34. The third kappa shape index (κ3) is 4.52. The molecule has 0 spiro atoms. The highest BCUT2D eigenvalue weighted by molar-refractivity contribution is 7.18. The van der Waals surface area contributed by atoms with Crippen LogP contribution in [0.3, 0.4) is 0 Å². The van der Waals surface area contributed by atoms with Gasteiger partial charge in [-0.3, -0.25) is 4.79 Å². The summed E-state index contributed by atoms with van der Waals surface area (Å²) in [5, 5.41) is 7.77. The number of nitrogens with one attached hydrogen (secondary N) is 2. The predicted molar refractivity (Wildman–Crippen MR) is 107 cm³/mol. The number of halogens is 1. The van der Waals surface area contributed by atoms with E-state index < -0.39 is 0 Å². The molecule has 4 rings (SSSR count). The number of fused-ring (bicyclic) bond motifs is 1. The van der Waals surface area contributed by atoms with Gasteiger partial charge in [-0.05, 0) is 68.8 Å². The van der Waals surface area contributed by atoms with Crippen molar-refractivity contribution in [1.82, 2.24) is 10.3 Å². The first-order valence-corrected chi connectivity index (χ1v) is 9.92. The number of carbonyl (C=O) groups is 1. The fourth-order valence-corrected chi connectivity index (χ4v) is 4.74. The van der Waals surface area contributed by atoms with E-state index in [1.807, 2.05) is 12.1 Å². The van der Waals surface area contributed by atoms with Crippen molar-refractivity contribution in [1.29, 1.82) is 0 Å². The summed E-state index contributed by atoms with van der Waals surface area (Å²) in [6, 6.07) is 6.08. The van der Waals surface area contributed by atoms with E-state index in [2.05, 4.69) is 23.6 Å². The lowest BCUT2D eigenvalue weighted by molar-refractivity contribution is -0.117. The van der Waals surface area contributed by atoms with Gasteiger partial charge in [0.2, 0.25) is 5.91 Å². The van der Waals surface area contributed by atoms with E-state index in [-0.39, 0.29) is 18.3 Å². The molecule has 2 fully saturated rings. The minimum atomic E-state index is 0. The first-order valence-electron chi connectivity index (χ1n) is 9.10. The van der Waals surface area contributed by atoms with E-state index >= 15 is 0 Å². The van der Waals surface area contributed by atoms with E-state index in [4.69, 9.17) is 4.98 Å². The SMILES string of the molecule is CC(CC(=O)Nc1ccc2nc(C3CC3)sc2c1)C1CCCNC1.Cl. The van der Waals surface area contributed by atoms with Gasteiger partial charge in [-0.1, -0.05) is 6.92 Å². The monoisotopic (exact) mass is 379 g/mol. The lowest BCUT2D eigenvalue weighted by Crippen LogP contribution is -2.34. The lowest BCUT2D eigenvalue weighted by Gasteiger charge is -2.28. The Labute approximate surface area is 159 Å². The number of hydrogen-bond acceptors (Lipinski definition) is 4. The number of carbonyl (C=O) groups excluding carboxylic acids is 1. The molecule has 2 N–H and O–H groups in total. The van der Waals surface area contributed by atoms with Gasteiger partial charge in [0.05, 0.1) is 15.2 Å². The predicted octanol–water partition coefficient (Wildman–Crippen LogP) is 4.56. The first kappa shape index (κ1) is 18.6. The van der Waals surface area contributed by atoms with Crippen LogP contribution in [0.1, 0.15) is 50.0 Å². The van der Waals surface area contributed by atoms with Gasteiger partial charge in [0.15, 0.2) is 0 Å². The minimum absolute atomic E-state index is 0. The summed E-state index contributed by atoms with van der Waals surface area (Å²) in [7, 11) is 0. The number of hydrogen-bond donors (Lipinski definition) is 2. The van der Waals surface area contributed by atoms with Crippen molar-refractivity contribution < 1.29 is 4.79 Å². The number of nitrogens with zero attached hydrogens (tertiary/aromatic N) is 1. The van der Waals surface area contributed by atoms with Crippen LogP contribution < -0.4 is 10.6 Å². The molecule has 1 amide bonds. The van der Waals surface area contributed by atoms with Crippen molar-refractivity contribution >= 4 is 45.6 Å². The number of benzene rings is 1. The van der Waals surface area contributed by atoms with Crippen LogP contribution in [0.15, 0.2) is 18.2 Å². The molecule has 25 heavy (non-hydrogen) atoms. The molecule has 1 aliphatic carbocycles. The summed E-state index contributed by atoms with van der Waals surface area (Å²) in [4.78, 5) is 17.1. The standard InChI is InChI=1S/C19H25N3OS.ClH/c1-12(14-3-2-8-20-11-14)9-18(23)21-15-6-7-16-17(10-15)24-19(22-16)13-4-5-13;/h6-7,10,12-14,20H,2-5,8-9,11H2,1H3,(H,21,23);1H. The van der Waals surface area contributed by atoms with E-state index in [9.17, 15) is 4.79 Å². The molecule has 1 aromatic heterocycles. The highest BCUT2D eigenvalue weighted by atomic mass is 35.5. The Morgan fingerprint density at radius 1 is 1.40 bits per heavy atom. The van der Waals surface area contributed by atoms with E-state index in [1.54, 1.807) is 11.3 Å². The molecule has 1 saturated heterocycles. The van der Waals surface area contributed by atoms with Gasteiger partial charge >= 0.3 is 0 Å². The third-order valence-corrected chi connectivity index (χ3v) is 6.44. The van der Waals surface area contributed by atoms with Crippen LogP contribution in [0.5, 0.6) is 0 Å². The maximum Gasteiger partial charge on any atom is 0.224 e. The highest BCUT2D eigenvalue weighted by Crippen LogP contribution is 2.43. The van der Waals surface area contributed by atoms with Gasteiger partial charge in [-0.15, -0.1) is 23.7 Å². The second-order valence-corrected chi connectivity index (χ2v) is 8.41. The minimum Gasteiger partial charge on any atom is -0.326 e. The van der Waals surface area contributed by atoms with Crippen LogP contribution in [0.4, 0.5) is 5.69 Å². The van der Waals surface area contributed by atoms with Gasteiger partial charge in [0, 0.05) is 18.0 Å².